The summed E-state index contributed by atoms with van der Waals surface area (Å²) in [6.45, 7) is 0. The molecule has 12 aromatic rings. The second-order valence-electron chi connectivity index (χ2n) is 15.2. The van der Waals surface area contributed by atoms with E-state index >= 15 is 0 Å². The van der Waals surface area contributed by atoms with Crippen molar-refractivity contribution < 1.29 is 8.83 Å². The highest BCUT2D eigenvalue weighted by Gasteiger charge is 2.21. The predicted octanol–water partition coefficient (Wildman–Crippen LogP) is 15.0. The van der Waals surface area contributed by atoms with E-state index in [1.165, 1.54) is 0 Å². The van der Waals surface area contributed by atoms with Gasteiger partial charge in [-0.3, -0.25) is 0 Å². The average Bonchev–Trinajstić information content (AvgIpc) is 3.90. The zero-order valence-electron chi connectivity index (χ0n) is 32.7. The fourth-order valence-electron chi connectivity index (χ4n) is 8.57. The Labute approximate surface area is 350 Å². The number of furan rings is 2. The molecule has 3 heterocycles. The fraction of sp³-hybridized carbons (Fsp3) is 0. The molecule has 0 aliphatic rings. The van der Waals surface area contributed by atoms with E-state index in [9.17, 15) is 0 Å². The van der Waals surface area contributed by atoms with Gasteiger partial charge in [-0.05, 0) is 82.6 Å². The van der Waals surface area contributed by atoms with E-state index < -0.39 is 0 Å². The highest BCUT2D eigenvalue weighted by atomic mass is 16.3. The van der Waals surface area contributed by atoms with Crippen LogP contribution in [0.1, 0.15) is 0 Å². The van der Waals surface area contributed by atoms with E-state index in [2.05, 4.69) is 150 Å². The quantitative estimate of drug-likeness (QED) is 0.160. The topological polar surface area (TPSA) is 68.2 Å². The van der Waals surface area contributed by atoms with Gasteiger partial charge in [-0.2, -0.15) is 0 Å². The van der Waals surface area contributed by atoms with E-state index in [1.807, 2.05) is 60.7 Å². The van der Waals surface area contributed by atoms with Crippen LogP contribution in [0.5, 0.6) is 0 Å². The Hall–Kier alpha value is -8.35. The van der Waals surface area contributed by atoms with Crippen LogP contribution in [0, 0.1) is 0 Å². The molecule has 0 unspecified atom stereocenters. The maximum atomic E-state index is 6.75. The van der Waals surface area contributed by atoms with E-state index in [-0.39, 0.29) is 0 Å². The zero-order valence-corrected chi connectivity index (χ0v) is 32.7. The number of nitrogens with zero attached hydrogens (tertiary/aromatic N) is 4. The minimum Gasteiger partial charge on any atom is -0.456 e. The van der Waals surface area contributed by atoms with Crippen LogP contribution in [-0.2, 0) is 0 Å². The van der Waals surface area contributed by atoms with Gasteiger partial charge in [-0.15, -0.1) is 0 Å². The average molecular weight is 783 g/mol. The van der Waals surface area contributed by atoms with Gasteiger partial charge in [0, 0.05) is 61.4 Å². The highest BCUT2D eigenvalue weighted by molar-refractivity contribution is 6.13. The number of rotatable bonds is 7. The van der Waals surface area contributed by atoms with Crippen LogP contribution in [0.3, 0.4) is 0 Å². The maximum absolute atomic E-state index is 6.75. The fourth-order valence-corrected chi connectivity index (χ4v) is 8.57. The summed E-state index contributed by atoms with van der Waals surface area (Å²) in [5.41, 5.74) is 11.2. The Bertz CT molecular complexity index is 3610. The number of para-hydroxylation sites is 1. The Morgan fingerprint density at radius 2 is 0.934 bits per heavy atom. The number of anilines is 3. The van der Waals surface area contributed by atoms with Gasteiger partial charge in [0.05, 0.1) is 0 Å². The lowest BCUT2D eigenvalue weighted by atomic mass is 10.0. The summed E-state index contributed by atoms with van der Waals surface area (Å²) in [6.07, 6.45) is 0. The summed E-state index contributed by atoms with van der Waals surface area (Å²) in [7, 11) is 0. The third kappa shape index (κ3) is 6.09. The third-order valence-corrected chi connectivity index (χ3v) is 11.5. The number of hydrogen-bond acceptors (Lipinski definition) is 6. The van der Waals surface area contributed by atoms with Crippen molar-refractivity contribution in [2.45, 2.75) is 0 Å². The first-order valence-corrected chi connectivity index (χ1v) is 20.3. The summed E-state index contributed by atoms with van der Waals surface area (Å²) in [4.78, 5) is 17.6. The molecule has 12 rings (SSSR count). The van der Waals surface area contributed by atoms with E-state index in [1.54, 1.807) is 0 Å². The summed E-state index contributed by atoms with van der Waals surface area (Å²) in [5.74, 6) is 1.79. The minimum atomic E-state index is 0.578. The second kappa shape index (κ2) is 14.2. The smallest absolute Gasteiger partial charge is 0.164 e. The van der Waals surface area contributed by atoms with Crippen LogP contribution >= 0.6 is 0 Å². The lowest BCUT2D eigenvalue weighted by Gasteiger charge is -2.26. The van der Waals surface area contributed by atoms with E-state index in [0.29, 0.717) is 17.5 Å². The SMILES string of the molecule is c1ccc(-c2cccc(N(c3ccc4c(c3)oc3cccc(-c5nc(-c6ccccc6)nc(-c6ccc7ccccc7c6)n5)c34)c3ccc4oc5ccccc5c4c3)c2)cc1. The van der Waals surface area contributed by atoms with Gasteiger partial charge in [0.25, 0.3) is 0 Å². The van der Waals surface area contributed by atoms with Crippen LogP contribution in [-0.4, -0.2) is 15.0 Å². The van der Waals surface area contributed by atoms with Gasteiger partial charge in [0.15, 0.2) is 17.5 Å². The second-order valence-corrected chi connectivity index (χ2v) is 15.2. The summed E-state index contributed by atoms with van der Waals surface area (Å²) in [6, 6.07) is 71.1. The standard InChI is InChI=1S/C55H34N4O2/c1-3-13-35(14-4-1)39-19-11-20-41(32-39)59(42-28-30-49-47(33-42)44-21-9-10-23-48(44)60-49)43-27-29-45-51(34-43)61-50-24-12-22-46(52(45)50)55-57-53(37-16-5-2-6-17-37)56-54(58-55)40-26-25-36-15-7-8-18-38(36)31-40/h1-34H. The van der Waals surface area contributed by atoms with Crippen LogP contribution < -0.4 is 4.90 Å². The lowest BCUT2D eigenvalue weighted by molar-refractivity contribution is 0.668. The van der Waals surface area contributed by atoms with E-state index in [4.69, 9.17) is 23.8 Å². The van der Waals surface area contributed by atoms with Crippen molar-refractivity contribution in [3.63, 3.8) is 0 Å². The summed E-state index contributed by atoms with van der Waals surface area (Å²) < 4.78 is 13.0. The van der Waals surface area contributed by atoms with Crippen LogP contribution in [0.2, 0.25) is 0 Å². The molecule has 61 heavy (non-hydrogen) atoms. The van der Waals surface area contributed by atoms with Gasteiger partial charge in [-0.25, -0.2) is 15.0 Å². The number of hydrogen-bond donors (Lipinski definition) is 0. The van der Waals surface area contributed by atoms with Gasteiger partial charge in [0.1, 0.15) is 22.3 Å². The monoisotopic (exact) mass is 782 g/mol. The van der Waals surface area contributed by atoms with Gasteiger partial charge >= 0.3 is 0 Å². The molecule has 3 aromatic heterocycles. The van der Waals surface area contributed by atoms with Crippen molar-refractivity contribution in [2.24, 2.45) is 0 Å². The molecule has 0 aliphatic heterocycles. The molecule has 0 aliphatic carbocycles. The van der Waals surface area contributed by atoms with Gasteiger partial charge in [0.2, 0.25) is 0 Å². The van der Waals surface area contributed by atoms with Crippen molar-refractivity contribution in [1.82, 2.24) is 15.0 Å². The zero-order chi connectivity index (χ0) is 40.3. The molecule has 0 spiro atoms. The predicted molar refractivity (Wildman–Crippen MR) is 248 cm³/mol. The molecule has 0 amide bonds. The highest BCUT2D eigenvalue weighted by Crippen LogP contribution is 2.43. The summed E-state index contributed by atoms with van der Waals surface area (Å²) >= 11 is 0. The molecule has 0 atom stereocenters. The lowest BCUT2D eigenvalue weighted by Crippen LogP contribution is -2.10. The molecule has 0 saturated carbocycles. The van der Waals surface area contributed by atoms with Crippen molar-refractivity contribution in [2.75, 3.05) is 4.90 Å². The third-order valence-electron chi connectivity index (χ3n) is 11.5. The Morgan fingerprint density at radius 1 is 0.311 bits per heavy atom. The van der Waals surface area contributed by atoms with Crippen LogP contribution in [0.4, 0.5) is 17.1 Å². The molecular formula is C55H34N4O2. The Morgan fingerprint density at radius 3 is 1.80 bits per heavy atom. The summed E-state index contributed by atoms with van der Waals surface area (Å²) in [5, 5.41) is 6.34. The molecule has 286 valence electrons. The van der Waals surface area contributed by atoms with Crippen LogP contribution in [0.25, 0.3) is 99.9 Å². The molecule has 0 N–H and O–H groups in total. The Balaban J connectivity index is 1.03. The van der Waals surface area contributed by atoms with Crippen molar-refractivity contribution in [3.05, 3.63) is 206 Å². The normalized spacial score (nSPS) is 11.6. The molecule has 6 heteroatoms. The number of benzene rings is 9. The van der Waals surface area contributed by atoms with Crippen LogP contribution in [0.15, 0.2) is 215 Å². The Kier molecular flexibility index (Phi) is 8.06. The van der Waals surface area contributed by atoms with Gasteiger partial charge in [-0.1, -0.05) is 140 Å². The molecule has 9 aromatic carbocycles. The molecule has 0 radical (unpaired) electrons. The van der Waals surface area contributed by atoms with Crippen molar-refractivity contribution in [1.29, 1.82) is 0 Å². The molecule has 0 fully saturated rings. The minimum absolute atomic E-state index is 0.578. The first kappa shape index (κ1) is 34.7. The number of fused-ring (bicyclic) bond motifs is 7. The van der Waals surface area contributed by atoms with E-state index in [0.717, 1.165) is 99.5 Å². The maximum Gasteiger partial charge on any atom is 0.164 e. The first-order valence-electron chi connectivity index (χ1n) is 20.3. The first-order chi connectivity index (χ1) is 30.2. The largest absolute Gasteiger partial charge is 0.456 e. The molecular weight excluding hydrogens is 749 g/mol. The number of aromatic nitrogens is 3. The van der Waals surface area contributed by atoms with Gasteiger partial charge < -0.3 is 13.7 Å². The van der Waals surface area contributed by atoms with Crippen molar-refractivity contribution in [3.8, 4) is 45.3 Å². The molecule has 0 bridgehead atoms. The molecule has 6 nitrogen and oxygen atoms in total. The van der Waals surface area contributed by atoms with Crippen molar-refractivity contribution >= 4 is 71.7 Å². The molecule has 0 saturated heterocycles.